The lowest BCUT2D eigenvalue weighted by molar-refractivity contribution is 0.273. The van der Waals surface area contributed by atoms with Crippen LogP contribution in [0.3, 0.4) is 0 Å². The van der Waals surface area contributed by atoms with Gasteiger partial charge in [0.2, 0.25) is 0 Å². The molecule has 0 bridgehead atoms. The number of nitrogens with one attached hydrogen (secondary N) is 1. The molecule has 2 aliphatic carbocycles. The van der Waals surface area contributed by atoms with E-state index in [4.69, 9.17) is 0 Å². The monoisotopic (exact) mass is 221 g/mol. The normalized spacial score (nSPS) is 35.2. The third kappa shape index (κ3) is 3.62. The summed E-state index contributed by atoms with van der Waals surface area (Å²) in [6.45, 7) is 3.60. The first-order chi connectivity index (χ1) is 7.88. The highest BCUT2D eigenvalue weighted by Gasteiger charge is 2.20. The summed E-state index contributed by atoms with van der Waals surface area (Å²) in [7, 11) is 0. The summed E-state index contributed by atoms with van der Waals surface area (Å²) in [4.78, 5) is 0. The van der Waals surface area contributed by atoms with Gasteiger partial charge in [-0.3, -0.25) is 0 Å². The van der Waals surface area contributed by atoms with Gasteiger partial charge in [0.15, 0.2) is 0 Å². The first-order valence-corrected chi connectivity index (χ1v) is 7.27. The molecule has 2 rings (SSSR count). The van der Waals surface area contributed by atoms with Crippen molar-refractivity contribution in [2.24, 2.45) is 11.8 Å². The summed E-state index contributed by atoms with van der Waals surface area (Å²) in [5.74, 6) is 1.93. The highest BCUT2D eigenvalue weighted by Crippen LogP contribution is 2.27. The average molecular weight is 221 g/mol. The van der Waals surface area contributed by atoms with E-state index in [-0.39, 0.29) is 0 Å². The van der Waals surface area contributed by atoms with Crippen LogP contribution in [0.1, 0.15) is 58.3 Å². The first kappa shape index (κ1) is 12.2. The predicted octanol–water partition coefficient (Wildman–Crippen LogP) is 3.90. The van der Waals surface area contributed by atoms with Gasteiger partial charge < -0.3 is 5.32 Å². The average Bonchev–Trinajstić information content (AvgIpc) is 2.38. The minimum absolute atomic E-state index is 0.828. The van der Waals surface area contributed by atoms with Crippen molar-refractivity contribution in [3.63, 3.8) is 0 Å². The van der Waals surface area contributed by atoms with Crippen molar-refractivity contribution in [3.05, 3.63) is 12.2 Å². The highest BCUT2D eigenvalue weighted by molar-refractivity contribution is 4.91. The van der Waals surface area contributed by atoms with Crippen molar-refractivity contribution in [1.82, 2.24) is 5.32 Å². The van der Waals surface area contributed by atoms with Crippen LogP contribution in [0.2, 0.25) is 0 Å². The molecular formula is C15H27N. The van der Waals surface area contributed by atoms with E-state index >= 15 is 0 Å². The smallest absolute Gasteiger partial charge is 0.00673 e. The number of hydrogen-bond acceptors (Lipinski definition) is 1. The zero-order chi connectivity index (χ0) is 11.2. The SMILES string of the molecule is CCC1CCC(NCC2CC=CCC2)CC1. The van der Waals surface area contributed by atoms with Crippen molar-refractivity contribution < 1.29 is 0 Å². The number of allylic oxidation sites excluding steroid dienone is 2. The third-order valence-electron chi connectivity index (χ3n) is 4.50. The lowest BCUT2D eigenvalue weighted by Gasteiger charge is -2.30. The van der Waals surface area contributed by atoms with E-state index in [1.165, 1.54) is 57.9 Å². The molecule has 0 saturated heterocycles. The molecule has 1 heteroatoms. The van der Waals surface area contributed by atoms with E-state index in [0.717, 1.165) is 17.9 Å². The van der Waals surface area contributed by atoms with E-state index in [2.05, 4.69) is 24.4 Å². The molecule has 0 radical (unpaired) electrons. The van der Waals surface area contributed by atoms with E-state index in [9.17, 15) is 0 Å². The van der Waals surface area contributed by atoms with Gasteiger partial charge in [-0.2, -0.15) is 0 Å². The standard InChI is InChI=1S/C15H27N/c1-2-13-8-10-15(11-9-13)16-12-14-6-4-3-5-7-14/h3-4,13-16H,2,5-12H2,1H3. The highest BCUT2D eigenvalue weighted by atomic mass is 14.9. The summed E-state index contributed by atoms with van der Waals surface area (Å²) in [5, 5.41) is 3.80. The molecule has 0 spiro atoms. The Kier molecular flexibility index (Phi) is 4.90. The van der Waals surface area contributed by atoms with Gasteiger partial charge in [0, 0.05) is 6.04 Å². The molecule has 1 unspecified atom stereocenters. The Bertz CT molecular complexity index is 213. The van der Waals surface area contributed by atoms with Crippen LogP contribution in [0.4, 0.5) is 0 Å². The number of hydrogen-bond donors (Lipinski definition) is 1. The van der Waals surface area contributed by atoms with Gasteiger partial charge in [-0.25, -0.2) is 0 Å². The summed E-state index contributed by atoms with van der Waals surface area (Å²) < 4.78 is 0. The van der Waals surface area contributed by atoms with Crippen LogP contribution < -0.4 is 5.32 Å². The van der Waals surface area contributed by atoms with Gasteiger partial charge in [-0.15, -0.1) is 0 Å². The number of rotatable bonds is 4. The van der Waals surface area contributed by atoms with Crippen LogP contribution in [0.5, 0.6) is 0 Å². The van der Waals surface area contributed by atoms with Gasteiger partial charge in [-0.05, 0) is 63.3 Å². The van der Waals surface area contributed by atoms with Crippen molar-refractivity contribution >= 4 is 0 Å². The van der Waals surface area contributed by atoms with E-state index < -0.39 is 0 Å². The Hall–Kier alpha value is -0.300. The summed E-state index contributed by atoms with van der Waals surface area (Å²) in [6, 6.07) is 0.828. The fourth-order valence-corrected chi connectivity index (χ4v) is 3.15. The Balaban J connectivity index is 1.61. The second-order valence-electron chi connectivity index (χ2n) is 5.68. The second kappa shape index (κ2) is 6.44. The molecule has 0 aliphatic heterocycles. The summed E-state index contributed by atoms with van der Waals surface area (Å²) >= 11 is 0. The van der Waals surface area contributed by atoms with E-state index in [0.29, 0.717) is 0 Å². The first-order valence-electron chi connectivity index (χ1n) is 7.27. The molecule has 0 amide bonds. The van der Waals surface area contributed by atoms with Crippen LogP contribution in [0.15, 0.2) is 12.2 Å². The van der Waals surface area contributed by atoms with E-state index in [1.54, 1.807) is 0 Å². The maximum atomic E-state index is 3.80. The van der Waals surface area contributed by atoms with Crippen molar-refractivity contribution in [3.8, 4) is 0 Å². The zero-order valence-electron chi connectivity index (χ0n) is 10.8. The molecule has 16 heavy (non-hydrogen) atoms. The molecule has 1 N–H and O–H groups in total. The lowest BCUT2D eigenvalue weighted by atomic mass is 9.84. The molecule has 0 aromatic heterocycles. The Morgan fingerprint density at radius 2 is 1.81 bits per heavy atom. The maximum Gasteiger partial charge on any atom is 0.00673 e. The van der Waals surface area contributed by atoms with Gasteiger partial charge in [0.1, 0.15) is 0 Å². The van der Waals surface area contributed by atoms with Crippen LogP contribution >= 0.6 is 0 Å². The molecular weight excluding hydrogens is 194 g/mol. The van der Waals surface area contributed by atoms with Crippen LogP contribution in [0.25, 0.3) is 0 Å². The Morgan fingerprint density at radius 3 is 2.44 bits per heavy atom. The maximum absolute atomic E-state index is 3.80. The molecule has 0 aromatic carbocycles. The molecule has 1 atom stereocenters. The molecule has 2 aliphatic rings. The Morgan fingerprint density at radius 1 is 1.00 bits per heavy atom. The summed E-state index contributed by atoms with van der Waals surface area (Å²) in [5.41, 5.74) is 0. The van der Waals surface area contributed by atoms with Crippen LogP contribution in [0, 0.1) is 11.8 Å². The van der Waals surface area contributed by atoms with E-state index in [1.807, 2.05) is 0 Å². The molecule has 0 heterocycles. The topological polar surface area (TPSA) is 12.0 Å². The van der Waals surface area contributed by atoms with Gasteiger partial charge in [0.05, 0.1) is 0 Å². The quantitative estimate of drug-likeness (QED) is 0.710. The van der Waals surface area contributed by atoms with Crippen molar-refractivity contribution in [2.45, 2.75) is 64.3 Å². The minimum atomic E-state index is 0.828. The fourth-order valence-electron chi connectivity index (χ4n) is 3.15. The molecule has 1 fully saturated rings. The van der Waals surface area contributed by atoms with Gasteiger partial charge in [0.25, 0.3) is 0 Å². The Labute approximate surface area is 101 Å². The molecule has 0 aromatic rings. The van der Waals surface area contributed by atoms with Crippen molar-refractivity contribution in [1.29, 1.82) is 0 Å². The molecule has 1 saturated carbocycles. The predicted molar refractivity (Wildman–Crippen MR) is 70.5 cm³/mol. The zero-order valence-corrected chi connectivity index (χ0v) is 10.8. The molecule has 92 valence electrons. The molecule has 1 nitrogen and oxygen atoms in total. The third-order valence-corrected chi connectivity index (χ3v) is 4.50. The van der Waals surface area contributed by atoms with Gasteiger partial charge in [-0.1, -0.05) is 25.5 Å². The summed E-state index contributed by atoms with van der Waals surface area (Å²) in [6.07, 6.45) is 15.8. The van der Waals surface area contributed by atoms with Crippen molar-refractivity contribution in [2.75, 3.05) is 6.54 Å². The largest absolute Gasteiger partial charge is 0.314 e. The van der Waals surface area contributed by atoms with Gasteiger partial charge >= 0.3 is 0 Å². The van der Waals surface area contributed by atoms with Crippen LogP contribution in [-0.2, 0) is 0 Å². The van der Waals surface area contributed by atoms with Crippen LogP contribution in [-0.4, -0.2) is 12.6 Å². The fraction of sp³-hybridized carbons (Fsp3) is 0.867. The lowest BCUT2D eigenvalue weighted by Crippen LogP contribution is -2.36. The second-order valence-corrected chi connectivity index (χ2v) is 5.68. The minimum Gasteiger partial charge on any atom is -0.314 e.